The molecule has 0 fully saturated rings. The number of rotatable bonds is 9. The standard InChI is InChI=1S/C11H21NO4Si/c1-4-7-12-8-5-6-9-17(15-10(2)13)16-11(3)14/h4,12,17H,1,5-9H2,2-3H3. The van der Waals surface area contributed by atoms with E-state index in [1.165, 1.54) is 13.8 Å². The first kappa shape index (κ1) is 15.9. The third-order valence-corrected chi connectivity index (χ3v) is 4.00. The first-order valence-electron chi connectivity index (χ1n) is 5.72. The highest BCUT2D eigenvalue weighted by atomic mass is 28.3. The van der Waals surface area contributed by atoms with Gasteiger partial charge in [-0.25, -0.2) is 0 Å². The second kappa shape index (κ2) is 10.0. The fourth-order valence-corrected chi connectivity index (χ4v) is 2.92. The van der Waals surface area contributed by atoms with Crippen molar-refractivity contribution in [3.8, 4) is 0 Å². The Morgan fingerprint density at radius 2 is 1.82 bits per heavy atom. The zero-order chi connectivity index (χ0) is 13.1. The first-order chi connectivity index (χ1) is 8.06. The van der Waals surface area contributed by atoms with Crippen LogP contribution in [0.25, 0.3) is 0 Å². The minimum absolute atomic E-state index is 0.382. The maximum Gasteiger partial charge on any atom is 0.448 e. The Kier molecular flexibility index (Phi) is 9.36. The van der Waals surface area contributed by atoms with E-state index < -0.39 is 9.28 Å². The van der Waals surface area contributed by atoms with Crippen molar-refractivity contribution in [3.63, 3.8) is 0 Å². The Bertz CT molecular complexity index is 242. The summed E-state index contributed by atoms with van der Waals surface area (Å²) in [5.74, 6) is -0.764. The first-order valence-corrected chi connectivity index (χ1v) is 7.48. The summed E-state index contributed by atoms with van der Waals surface area (Å²) in [5, 5.41) is 3.17. The van der Waals surface area contributed by atoms with Crippen molar-refractivity contribution in [3.05, 3.63) is 12.7 Å². The van der Waals surface area contributed by atoms with E-state index in [1.807, 2.05) is 0 Å². The SMILES string of the molecule is C=CCNCCCC[SiH](OC(C)=O)OC(C)=O. The molecule has 0 aliphatic carbocycles. The van der Waals surface area contributed by atoms with E-state index in [9.17, 15) is 9.59 Å². The van der Waals surface area contributed by atoms with Gasteiger partial charge < -0.3 is 14.2 Å². The molecular formula is C11H21NO4Si. The minimum atomic E-state index is -2.16. The second-order valence-electron chi connectivity index (χ2n) is 3.64. The number of carbonyl (C=O) groups is 2. The van der Waals surface area contributed by atoms with E-state index in [0.717, 1.165) is 25.9 Å². The van der Waals surface area contributed by atoms with Crippen molar-refractivity contribution in [1.29, 1.82) is 0 Å². The van der Waals surface area contributed by atoms with Crippen LogP contribution in [0.4, 0.5) is 0 Å². The van der Waals surface area contributed by atoms with Crippen LogP contribution in [-0.4, -0.2) is 34.3 Å². The average molecular weight is 259 g/mol. The second-order valence-corrected chi connectivity index (χ2v) is 5.54. The van der Waals surface area contributed by atoms with Crippen LogP contribution in [0.1, 0.15) is 26.7 Å². The molecule has 0 atom stereocenters. The molecule has 0 aromatic heterocycles. The molecule has 17 heavy (non-hydrogen) atoms. The Morgan fingerprint density at radius 3 is 2.29 bits per heavy atom. The molecule has 0 rings (SSSR count). The molecule has 0 aromatic rings. The van der Waals surface area contributed by atoms with Gasteiger partial charge in [0.05, 0.1) is 0 Å². The topological polar surface area (TPSA) is 64.6 Å². The summed E-state index contributed by atoms with van der Waals surface area (Å²) in [5.41, 5.74) is 0. The molecular weight excluding hydrogens is 238 g/mol. The molecule has 0 unspecified atom stereocenters. The van der Waals surface area contributed by atoms with Crippen LogP contribution in [0, 0.1) is 0 Å². The van der Waals surface area contributed by atoms with Crippen LogP contribution < -0.4 is 5.32 Å². The molecule has 0 aliphatic rings. The van der Waals surface area contributed by atoms with E-state index in [0.29, 0.717) is 6.04 Å². The number of nitrogens with one attached hydrogen (secondary N) is 1. The predicted octanol–water partition coefficient (Wildman–Crippen LogP) is 0.889. The molecule has 0 aromatic carbocycles. The summed E-state index contributed by atoms with van der Waals surface area (Å²) in [7, 11) is -2.16. The van der Waals surface area contributed by atoms with Gasteiger partial charge in [0.2, 0.25) is 0 Å². The molecule has 0 radical (unpaired) electrons. The number of hydrogen-bond acceptors (Lipinski definition) is 5. The van der Waals surface area contributed by atoms with Crippen molar-refractivity contribution < 1.29 is 18.4 Å². The predicted molar refractivity (Wildman–Crippen MR) is 67.8 cm³/mol. The molecule has 5 nitrogen and oxygen atoms in total. The summed E-state index contributed by atoms with van der Waals surface area (Å²) in [6, 6.07) is 0.662. The van der Waals surface area contributed by atoms with Gasteiger partial charge in [0.25, 0.3) is 11.9 Å². The monoisotopic (exact) mass is 259 g/mol. The van der Waals surface area contributed by atoms with E-state index in [2.05, 4.69) is 11.9 Å². The molecule has 6 heteroatoms. The maximum atomic E-state index is 10.8. The van der Waals surface area contributed by atoms with Crippen molar-refractivity contribution >= 4 is 21.2 Å². The fourth-order valence-electron chi connectivity index (χ4n) is 1.28. The highest BCUT2D eigenvalue weighted by Gasteiger charge is 2.19. The average Bonchev–Trinajstić information content (AvgIpc) is 2.21. The van der Waals surface area contributed by atoms with E-state index in [1.54, 1.807) is 6.08 Å². The van der Waals surface area contributed by atoms with Gasteiger partial charge >= 0.3 is 9.28 Å². The van der Waals surface area contributed by atoms with Gasteiger partial charge in [-0.05, 0) is 19.4 Å². The summed E-state index contributed by atoms with van der Waals surface area (Å²) < 4.78 is 10.0. The smallest absolute Gasteiger partial charge is 0.448 e. The highest BCUT2D eigenvalue weighted by Crippen LogP contribution is 2.05. The molecule has 0 spiro atoms. The normalized spacial score (nSPS) is 10.1. The van der Waals surface area contributed by atoms with Crippen LogP contribution in [0.15, 0.2) is 12.7 Å². The molecule has 1 N–H and O–H groups in total. The highest BCUT2D eigenvalue weighted by molar-refractivity contribution is 6.48. The van der Waals surface area contributed by atoms with Crippen LogP contribution in [0.5, 0.6) is 0 Å². The van der Waals surface area contributed by atoms with Gasteiger partial charge in [0.15, 0.2) is 0 Å². The summed E-state index contributed by atoms with van der Waals surface area (Å²) in [6.45, 7) is 7.93. The summed E-state index contributed by atoms with van der Waals surface area (Å²) in [4.78, 5) is 21.6. The lowest BCUT2D eigenvalue weighted by molar-refractivity contribution is -0.137. The van der Waals surface area contributed by atoms with Crippen LogP contribution in [0.2, 0.25) is 6.04 Å². The molecule has 0 saturated heterocycles. The Balaban J connectivity index is 3.71. The van der Waals surface area contributed by atoms with Crippen molar-refractivity contribution in [2.75, 3.05) is 13.1 Å². The number of carbonyl (C=O) groups excluding carboxylic acids is 2. The lowest BCUT2D eigenvalue weighted by atomic mass is 10.3. The third kappa shape index (κ3) is 11.1. The summed E-state index contributed by atoms with van der Waals surface area (Å²) >= 11 is 0. The van der Waals surface area contributed by atoms with Gasteiger partial charge in [-0.1, -0.05) is 6.08 Å². The fraction of sp³-hybridized carbons (Fsp3) is 0.636. The van der Waals surface area contributed by atoms with Gasteiger partial charge in [-0.15, -0.1) is 6.58 Å². The lowest BCUT2D eigenvalue weighted by Gasteiger charge is -2.14. The Labute approximate surface area is 104 Å². The minimum Gasteiger partial charge on any atom is -0.487 e. The molecule has 0 heterocycles. The number of unbranched alkanes of at least 4 members (excludes halogenated alkanes) is 1. The van der Waals surface area contributed by atoms with Gasteiger partial charge in [-0.2, -0.15) is 0 Å². The molecule has 0 aliphatic heterocycles. The largest absolute Gasteiger partial charge is 0.487 e. The van der Waals surface area contributed by atoms with E-state index >= 15 is 0 Å². The van der Waals surface area contributed by atoms with Gasteiger partial charge in [-0.3, -0.25) is 9.59 Å². The van der Waals surface area contributed by atoms with E-state index in [-0.39, 0.29) is 11.9 Å². The van der Waals surface area contributed by atoms with Gasteiger partial charge in [0, 0.05) is 26.4 Å². The van der Waals surface area contributed by atoms with Gasteiger partial charge in [0.1, 0.15) is 0 Å². The zero-order valence-corrected chi connectivity index (χ0v) is 11.7. The van der Waals surface area contributed by atoms with Crippen LogP contribution in [0.3, 0.4) is 0 Å². The molecule has 0 saturated carbocycles. The molecule has 0 amide bonds. The molecule has 98 valence electrons. The molecule has 0 bridgehead atoms. The third-order valence-electron chi connectivity index (χ3n) is 1.93. The van der Waals surface area contributed by atoms with Crippen molar-refractivity contribution in [1.82, 2.24) is 5.32 Å². The van der Waals surface area contributed by atoms with E-state index in [4.69, 9.17) is 8.85 Å². The Morgan fingerprint density at radius 1 is 1.24 bits per heavy atom. The van der Waals surface area contributed by atoms with Crippen LogP contribution in [-0.2, 0) is 18.4 Å². The zero-order valence-electron chi connectivity index (χ0n) is 10.5. The Hall–Kier alpha value is -1.14. The quantitative estimate of drug-likeness (QED) is 0.378. The van der Waals surface area contributed by atoms with Crippen molar-refractivity contribution in [2.24, 2.45) is 0 Å². The number of hydrogen-bond donors (Lipinski definition) is 1. The lowest BCUT2D eigenvalue weighted by Crippen LogP contribution is -2.27. The van der Waals surface area contributed by atoms with Crippen molar-refractivity contribution in [2.45, 2.75) is 32.7 Å². The van der Waals surface area contributed by atoms with Crippen LogP contribution >= 0.6 is 0 Å². The summed E-state index contributed by atoms with van der Waals surface area (Å²) in [6.07, 6.45) is 3.64. The maximum absolute atomic E-state index is 10.8.